The molecular weight excluding hydrogens is 306 g/mol. The van der Waals surface area contributed by atoms with Crippen LogP contribution in [0.3, 0.4) is 0 Å². The van der Waals surface area contributed by atoms with E-state index in [-0.39, 0.29) is 24.1 Å². The molecule has 0 spiro atoms. The first kappa shape index (κ1) is 16.9. The molecule has 5 heteroatoms. The molecule has 0 bridgehead atoms. The Kier molecular flexibility index (Phi) is 4.83. The van der Waals surface area contributed by atoms with Crippen molar-refractivity contribution < 1.29 is 18.9 Å². The number of halogens is 1. The Balaban J connectivity index is 1.78. The molecule has 0 radical (unpaired) electrons. The molecule has 3 nitrogen and oxygen atoms in total. The number of carbonyl (C=O) groups excluding carboxylic acids is 1. The van der Waals surface area contributed by atoms with Gasteiger partial charge in [-0.2, -0.15) is 0 Å². The molecule has 0 saturated heterocycles. The second kappa shape index (κ2) is 6.87. The molecule has 0 amide bonds. The van der Waals surface area contributed by atoms with E-state index in [0.29, 0.717) is 11.5 Å². The van der Waals surface area contributed by atoms with Crippen molar-refractivity contribution in [2.45, 2.75) is 32.8 Å². The fourth-order valence-electron chi connectivity index (χ4n) is 3.08. The third kappa shape index (κ3) is 3.58. The van der Waals surface area contributed by atoms with E-state index in [0.717, 1.165) is 23.0 Å². The lowest BCUT2D eigenvalue weighted by molar-refractivity contribution is 0.0993. The van der Waals surface area contributed by atoms with Crippen molar-refractivity contribution in [2.24, 2.45) is 5.92 Å². The van der Waals surface area contributed by atoms with Gasteiger partial charge in [0.1, 0.15) is 5.82 Å². The minimum atomic E-state index is -0.940. The van der Waals surface area contributed by atoms with Gasteiger partial charge in [0.25, 0.3) is 0 Å². The third-order valence-corrected chi connectivity index (χ3v) is 4.27. The number of ketones is 1. The molecule has 1 atom stereocenters. The maximum Gasteiger partial charge on any atom is 0.491 e. The smallest absolute Gasteiger partial charge is 0.423 e. The maximum atomic E-state index is 12.9. The number of rotatable bonds is 5. The van der Waals surface area contributed by atoms with Crippen molar-refractivity contribution in [3.63, 3.8) is 0 Å². The van der Waals surface area contributed by atoms with Crippen LogP contribution in [0.25, 0.3) is 0 Å². The highest BCUT2D eigenvalue weighted by atomic mass is 19.1. The Morgan fingerprint density at radius 3 is 2.62 bits per heavy atom. The molecule has 1 aliphatic heterocycles. The van der Waals surface area contributed by atoms with E-state index in [1.165, 1.54) is 24.3 Å². The van der Waals surface area contributed by atoms with Crippen molar-refractivity contribution in [2.75, 3.05) is 0 Å². The summed E-state index contributed by atoms with van der Waals surface area (Å²) < 4.78 is 18.6. The molecule has 1 unspecified atom stereocenters. The van der Waals surface area contributed by atoms with E-state index in [1.807, 2.05) is 18.2 Å². The van der Waals surface area contributed by atoms with Crippen molar-refractivity contribution in [3.05, 3.63) is 65.0 Å². The summed E-state index contributed by atoms with van der Waals surface area (Å²) in [6, 6.07) is 11.2. The van der Waals surface area contributed by atoms with E-state index in [1.54, 1.807) is 0 Å². The summed E-state index contributed by atoms with van der Waals surface area (Å²) in [6.45, 7) is 4.23. The van der Waals surface area contributed by atoms with Gasteiger partial charge in [0.2, 0.25) is 0 Å². The lowest BCUT2D eigenvalue weighted by Crippen LogP contribution is -2.28. The molecule has 2 aromatic carbocycles. The Morgan fingerprint density at radius 2 is 1.96 bits per heavy atom. The second-order valence-corrected chi connectivity index (χ2v) is 6.68. The van der Waals surface area contributed by atoms with E-state index < -0.39 is 7.12 Å². The van der Waals surface area contributed by atoms with Crippen LogP contribution in [0.4, 0.5) is 4.39 Å². The SMILES string of the molecule is CC(C)CC1OB(O)c2cc(CC(=O)c3ccc(F)cc3)ccc21. The predicted octanol–water partition coefficient (Wildman–Crippen LogP) is 3.06. The van der Waals surface area contributed by atoms with E-state index in [2.05, 4.69) is 13.8 Å². The maximum absolute atomic E-state index is 12.9. The van der Waals surface area contributed by atoms with Crippen LogP contribution in [0.15, 0.2) is 42.5 Å². The van der Waals surface area contributed by atoms with Gasteiger partial charge in [-0.3, -0.25) is 4.79 Å². The minimum absolute atomic E-state index is 0.0814. The number of Topliss-reactive ketones (excluding diaryl/α,β-unsaturated/α-hetero) is 1. The summed E-state index contributed by atoms with van der Waals surface area (Å²) in [7, 11) is -0.940. The Bertz CT molecular complexity index is 743. The molecule has 1 N–H and O–H groups in total. The lowest BCUT2D eigenvalue weighted by Gasteiger charge is -2.14. The molecular formula is C19H20BFO3. The number of hydrogen-bond acceptors (Lipinski definition) is 3. The molecule has 1 aliphatic rings. The number of hydrogen-bond donors (Lipinski definition) is 1. The number of fused-ring (bicyclic) bond motifs is 1. The Morgan fingerprint density at radius 1 is 1.25 bits per heavy atom. The summed E-state index contributed by atoms with van der Waals surface area (Å²) in [6.07, 6.45) is 0.954. The van der Waals surface area contributed by atoms with Crippen LogP contribution in [0.1, 0.15) is 47.9 Å². The fourth-order valence-corrected chi connectivity index (χ4v) is 3.08. The van der Waals surface area contributed by atoms with Crippen LogP contribution in [0.5, 0.6) is 0 Å². The summed E-state index contributed by atoms with van der Waals surface area (Å²) in [5.74, 6) is 0.0236. The predicted molar refractivity (Wildman–Crippen MR) is 91.8 cm³/mol. The normalized spacial score (nSPS) is 16.5. The van der Waals surface area contributed by atoms with Gasteiger partial charge in [0, 0.05) is 12.0 Å². The number of benzene rings is 2. The summed E-state index contributed by atoms with van der Waals surface area (Å²) in [5.41, 5.74) is 3.03. The van der Waals surface area contributed by atoms with E-state index >= 15 is 0 Å². The zero-order valence-electron chi connectivity index (χ0n) is 13.8. The van der Waals surface area contributed by atoms with Crippen LogP contribution in [0, 0.1) is 11.7 Å². The molecule has 3 rings (SSSR count). The second-order valence-electron chi connectivity index (χ2n) is 6.68. The van der Waals surface area contributed by atoms with Crippen LogP contribution < -0.4 is 5.46 Å². The molecule has 2 aromatic rings. The van der Waals surface area contributed by atoms with Crippen LogP contribution in [0.2, 0.25) is 0 Å². The van der Waals surface area contributed by atoms with Crippen molar-refractivity contribution in [1.29, 1.82) is 0 Å². The number of carbonyl (C=O) groups is 1. The van der Waals surface area contributed by atoms with Gasteiger partial charge < -0.3 is 9.68 Å². The molecule has 24 heavy (non-hydrogen) atoms. The first-order valence-electron chi connectivity index (χ1n) is 8.19. The van der Waals surface area contributed by atoms with Gasteiger partial charge in [0.15, 0.2) is 5.78 Å². The van der Waals surface area contributed by atoms with Crippen LogP contribution >= 0.6 is 0 Å². The first-order valence-corrected chi connectivity index (χ1v) is 8.19. The van der Waals surface area contributed by atoms with Gasteiger partial charge in [-0.25, -0.2) is 4.39 Å². The third-order valence-electron chi connectivity index (χ3n) is 4.27. The highest BCUT2D eigenvalue weighted by molar-refractivity contribution is 6.61. The first-order chi connectivity index (χ1) is 11.4. The average Bonchev–Trinajstić information content (AvgIpc) is 2.83. The van der Waals surface area contributed by atoms with Gasteiger partial charge >= 0.3 is 7.12 Å². The largest absolute Gasteiger partial charge is 0.491 e. The van der Waals surface area contributed by atoms with Crippen molar-refractivity contribution in [3.8, 4) is 0 Å². The lowest BCUT2D eigenvalue weighted by atomic mass is 9.77. The molecule has 0 saturated carbocycles. The summed E-state index contributed by atoms with van der Waals surface area (Å²) >= 11 is 0. The fraction of sp³-hybridized carbons (Fsp3) is 0.316. The van der Waals surface area contributed by atoms with Gasteiger partial charge in [0.05, 0.1) is 6.10 Å². The molecule has 124 valence electrons. The van der Waals surface area contributed by atoms with Crippen LogP contribution in [-0.4, -0.2) is 17.9 Å². The zero-order valence-corrected chi connectivity index (χ0v) is 13.8. The summed E-state index contributed by atoms with van der Waals surface area (Å²) in [4.78, 5) is 12.3. The van der Waals surface area contributed by atoms with Crippen LogP contribution in [-0.2, 0) is 11.1 Å². The van der Waals surface area contributed by atoms with Crippen molar-refractivity contribution in [1.82, 2.24) is 0 Å². The topological polar surface area (TPSA) is 46.5 Å². The average molecular weight is 326 g/mol. The van der Waals surface area contributed by atoms with Gasteiger partial charge in [-0.1, -0.05) is 32.0 Å². The molecule has 1 heterocycles. The van der Waals surface area contributed by atoms with Crippen molar-refractivity contribution >= 4 is 18.4 Å². The van der Waals surface area contributed by atoms with E-state index in [9.17, 15) is 14.2 Å². The summed E-state index contributed by atoms with van der Waals surface area (Å²) in [5, 5.41) is 10.1. The van der Waals surface area contributed by atoms with E-state index in [4.69, 9.17) is 4.65 Å². The molecule has 0 fully saturated rings. The Labute approximate surface area is 141 Å². The molecule has 0 aliphatic carbocycles. The standard InChI is InChI=1S/C19H20BFO3/c1-12(2)9-19-16-8-3-13(10-17(16)20(23)24-19)11-18(22)14-4-6-15(21)7-5-14/h3-8,10,12,19,23H,9,11H2,1-2H3. The minimum Gasteiger partial charge on any atom is -0.423 e. The van der Waals surface area contributed by atoms with Gasteiger partial charge in [-0.05, 0) is 53.2 Å². The highest BCUT2D eigenvalue weighted by Gasteiger charge is 2.35. The zero-order chi connectivity index (χ0) is 17.3. The quantitative estimate of drug-likeness (QED) is 0.679. The van der Waals surface area contributed by atoms with Gasteiger partial charge in [-0.15, -0.1) is 0 Å². The monoisotopic (exact) mass is 326 g/mol. The Hall–Kier alpha value is -1.98. The highest BCUT2D eigenvalue weighted by Crippen LogP contribution is 2.30. The molecule has 0 aromatic heterocycles.